The summed E-state index contributed by atoms with van der Waals surface area (Å²) in [4.78, 5) is 0.779. The lowest BCUT2D eigenvalue weighted by Crippen LogP contribution is -2.05. The van der Waals surface area contributed by atoms with Gasteiger partial charge in [-0.15, -0.1) is 11.8 Å². The van der Waals surface area contributed by atoms with Gasteiger partial charge in [0.1, 0.15) is 11.7 Å². The topological polar surface area (TPSA) is 33.4 Å². The Bertz CT molecular complexity index is 857. The van der Waals surface area contributed by atoms with E-state index in [2.05, 4.69) is 0 Å². The fourth-order valence-corrected chi connectivity index (χ4v) is 3.93. The predicted molar refractivity (Wildman–Crippen MR) is 76.2 cm³/mol. The van der Waals surface area contributed by atoms with E-state index >= 15 is 0 Å². The van der Waals surface area contributed by atoms with Crippen molar-refractivity contribution in [2.45, 2.75) is 16.8 Å². The predicted octanol–water partition coefficient (Wildman–Crippen LogP) is 4.40. The molecule has 2 nitrogen and oxygen atoms in total. The molecule has 2 heterocycles. The number of aliphatic hydroxyl groups is 1. The molecule has 0 amide bonds. The zero-order valence-electron chi connectivity index (χ0n) is 10.8. The van der Waals surface area contributed by atoms with Gasteiger partial charge in [-0.2, -0.15) is 0 Å². The van der Waals surface area contributed by atoms with Crippen LogP contribution in [0.3, 0.4) is 0 Å². The molecule has 21 heavy (non-hydrogen) atoms. The van der Waals surface area contributed by atoms with Crippen LogP contribution in [0.2, 0.25) is 0 Å². The molecule has 5 heteroatoms. The summed E-state index contributed by atoms with van der Waals surface area (Å²) in [5, 5.41) is 11.5. The van der Waals surface area contributed by atoms with Crippen LogP contribution in [0.5, 0.6) is 0 Å². The lowest BCUT2D eigenvalue weighted by atomic mass is 9.96. The van der Waals surface area contributed by atoms with Gasteiger partial charge in [-0.25, -0.2) is 8.78 Å². The second kappa shape index (κ2) is 4.58. The third-order valence-corrected chi connectivity index (χ3v) is 4.93. The van der Waals surface area contributed by atoms with Gasteiger partial charge < -0.3 is 9.52 Å². The maximum atomic E-state index is 14.0. The highest BCUT2D eigenvalue weighted by atomic mass is 32.2. The smallest absolute Gasteiger partial charge is 0.163 e. The van der Waals surface area contributed by atoms with Crippen LogP contribution >= 0.6 is 11.8 Å². The number of halogens is 2. The Morgan fingerprint density at radius 1 is 1.10 bits per heavy atom. The first-order valence-electron chi connectivity index (χ1n) is 6.44. The van der Waals surface area contributed by atoms with Gasteiger partial charge in [0, 0.05) is 22.3 Å². The van der Waals surface area contributed by atoms with Crippen molar-refractivity contribution < 1.29 is 18.3 Å². The van der Waals surface area contributed by atoms with Gasteiger partial charge in [0.05, 0.1) is 11.2 Å². The van der Waals surface area contributed by atoms with Gasteiger partial charge in [-0.1, -0.05) is 18.2 Å². The van der Waals surface area contributed by atoms with Gasteiger partial charge in [0.15, 0.2) is 11.6 Å². The standard InChI is InChI=1S/C16H10F2O2S/c17-12-4-3-9-11(13(12)18)7-21-16-10(14(9)19)2-1-8-5-6-20-15(8)16/h1-6,14,19H,7H2. The van der Waals surface area contributed by atoms with Crippen LogP contribution in [0.15, 0.2) is 45.9 Å². The summed E-state index contributed by atoms with van der Waals surface area (Å²) in [7, 11) is 0. The Morgan fingerprint density at radius 3 is 2.76 bits per heavy atom. The Balaban J connectivity index is 1.98. The largest absolute Gasteiger partial charge is 0.463 e. The molecule has 0 radical (unpaired) electrons. The molecular formula is C16H10F2O2S. The Kier molecular flexibility index (Phi) is 2.80. The normalized spacial score (nSPS) is 17.4. The number of thioether (sulfide) groups is 1. The second-order valence-corrected chi connectivity index (χ2v) is 5.93. The van der Waals surface area contributed by atoms with E-state index in [-0.39, 0.29) is 11.3 Å². The zero-order valence-corrected chi connectivity index (χ0v) is 11.6. The van der Waals surface area contributed by atoms with Crippen LogP contribution in [0, 0.1) is 11.6 Å². The van der Waals surface area contributed by atoms with Crippen molar-refractivity contribution in [2.75, 3.05) is 0 Å². The molecule has 1 N–H and O–H groups in total. The lowest BCUT2D eigenvalue weighted by molar-refractivity contribution is 0.216. The monoisotopic (exact) mass is 304 g/mol. The summed E-state index contributed by atoms with van der Waals surface area (Å²) >= 11 is 1.35. The molecule has 1 aliphatic rings. The summed E-state index contributed by atoms with van der Waals surface area (Å²) in [5.41, 5.74) is 1.95. The van der Waals surface area contributed by atoms with Gasteiger partial charge in [-0.3, -0.25) is 0 Å². The fraction of sp³-hybridized carbons (Fsp3) is 0.125. The molecule has 0 saturated carbocycles. The molecule has 3 aromatic rings. The molecule has 0 spiro atoms. The number of hydrogen-bond donors (Lipinski definition) is 1. The molecule has 0 bridgehead atoms. The fourth-order valence-electron chi connectivity index (χ4n) is 2.71. The van der Waals surface area contributed by atoms with Crippen LogP contribution in [0.25, 0.3) is 11.0 Å². The molecule has 0 aliphatic carbocycles. The first-order valence-corrected chi connectivity index (χ1v) is 7.43. The van der Waals surface area contributed by atoms with Gasteiger partial charge in [0.2, 0.25) is 0 Å². The van der Waals surface area contributed by atoms with Crippen LogP contribution in [-0.4, -0.2) is 5.11 Å². The summed E-state index contributed by atoms with van der Waals surface area (Å²) in [5.74, 6) is -1.53. The van der Waals surface area contributed by atoms with Crippen LogP contribution in [0.4, 0.5) is 8.78 Å². The molecule has 2 aromatic carbocycles. The van der Waals surface area contributed by atoms with Crippen molar-refractivity contribution in [1.29, 1.82) is 0 Å². The SMILES string of the molecule is OC1c2ccc(F)c(F)c2CSc2c1ccc1ccoc21. The third-order valence-electron chi connectivity index (χ3n) is 3.79. The van der Waals surface area contributed by atoms with Crippen molar-refractivity contribution in [1.82, 2.24) is 0 Å². The Labute approximate surface area is 123 Å². The molecule has 1 aromatic heterocycles. The number of benzene rings is 2. The van der Waals surface area contributed by atoms with Crippen molar-refractivity contribution in [2.24, 2.45) is 0 Å². The summed E-state index contributed by atoms with van der Waals surface area (Å²) in [6.07, 6.45) is 0.588. The Hall–Kier alpha value is -1.85. The molecular weight excluding hydrogens is 294 g/mol. The average molecular weight is 304 g/mol. The van der Waals surface area contributed by atoms with E-state index in [0.717, 1.165) is 16.3 Å². The quantitative estimate of drug-likeness (QED) is 0.668. The molecule has 1 aliphatic heterocycles. The Morgan fingerprint density at radius 2 is 1.90 bits per heavy atom. The first kappa shape index (κ1) is 12.9. The maximum absolute atomic E-state index is 14.0. The minimum absolute atomic E-state index is 0.211. The highest BCUT2D eigenvalue weighted by Crippen LogP contribution is 2.43. The molecule has 106 valence electrons. The molecule has 0 saturated heterocycles. The minimum atomic E-state index is -0.991. The van der Waals surface area contributed by atoms with Crippen LogP contribution < -0.4 is 0 Å². The van der Waals surface area contributed by atoms with E-state index in [9.17, 15) is 13.9 Å². The molecule has 0 fully saturated rings. The molecule has 4 rings (SSSR count). The zero-order chi connectivity index (χ0) is 14.6. The number of hydrogen-bond acceptors (Lipinski definition) is 3. The van der Waals surface area contributed by atoms with Gasteiger partial charge >= 0.3 is 0 Å². The number of furan rings is 1. The van der Waals surface area contributed by atoms with Crippen LogP contribution in [-0.2, 0) is 5.75 Å². The average Bonchev–Trinajstić information content (AvgIpc) is 2.91. The highest BCUT2D eigenvalue weighted by Gasteiger charge is 2.27. The van der Waals surface area contributed by atoms with E-state index in [1.165, 1.54) is 17.8 Å². The van der Waals surface area contributed by atoms with Crippen molar-refractivity contribution in [3.8, 4) is 0 Å². The van der Waals surface area contributed by atoms with E-state index in [4.69, 9.17) is 4.42 Å². The van der Waals surface area contributed by atoms with E-state index in [1.807, 2.05) is 12.1 Å². The minimum Gasteiger partial charge on any atom is -0.463 e. The number of fused-ring (bicyclic) bond motifs is 4. The van der Waals surface area contributed by atoms with Gasteiger partial charge in [-0.05, 0) is 17.7 Å². The van der Waals surface area contributed by atoms with Crippen LogP contribution in [0.1, 0.15) is 22.8 Å². The second-order valence-electron chi connectivity index (χ2n) is 4.94. The number of rotatable bonds is 0. The van der Waals surface area contributed by atoms with E-state index in [1.54, 1.807) is 12.3 Å². The van der Waals surface area contributed by atoms with Gasteiger partial charge in [0.25, 0.3) is 0 Å². The van der Waals surface area contributed by atoms with E-state index < -0.39 is 17.7 Å². The van der Waals surface area contributed by atoms with Crippen molar-refractivity contribution >= 4 is 22.7 Å². The number of aliphatic hydroxyl groups excluding tert-OH is 1. The maximum Gasteiger partial charge on any atom is 0.163 e. The third kappa shape index (κ3) is 1.81. The summed E-state index contributed by atoms with van der Waals surface area (Å²) < 4.78 is 32.9. The van der Waals surface area contributed by atoms with E-state index in [0.29, 0.717) is 16.7 Å². The van der Waals surface area contributed by atoms with Crippen molar-refractivity contribution in [3.05, 3.63) is 64.9 Å². The van der Waals surface area contributed by atoms with Crippen molar-refractivity contribution in [3.63, 3.8) is 0 Å². The first-order chi connectivity index (χ1) is 10.2. The lowest BCUT2D eigenvalue weighted by Gasteiger charge is -2.14. The summed E-state index contributed by atoms with van der Waals surface area (Å²) in [6.45, 7) is 0. The highest BCUT2D eigenvalue weighted by molar-refractivity contribution is 7.98. The molecule has 1 atom stereocenters. The summed E-state index contributed by atoms with van der Waals surface area (Å²) in [6, 6.07) is 7.99. The molecule has 1 unspecified atom stereocenters.